The van der Waals surface area contributed by atoms with Crippen LogP contribution in [0.5, 0.6) is 0 Å². The zero-order valence-electron chi connectivity index (χ0n) is 14.9. The topological polar surface area (TPSA) is 89.9 Å². The van der Waals surface area contributed by atoms with E-state index in [4.69, 9.17) is 10.2 Å². The molecule has 2 aromatic carbocycles. The van der Waals surface area contributed by atoms with Gasteiger partial charge < -0.3 is 20.4 Å². The van der Waals surface area contributed by atoms with Crippen LogP contribution in [0.1, 0.15) is 13.8 Å². The quantitative estimate of drug-likeness (QED) is 0.733. The van der Waals surface area contributed by atoms with E-state index in [9.17, 15) is 9.59 Å². The number of rotatable bonds is 3. The van der Waals surface area contributed by atoms with Crippen LogP contribution in [-0.2, 0) is 9.59 Å². The Bertz CT molecular complexity index is 787. The van der Waals surface area contributed by atoms with Gasteiger partial charge in [-0.15, -0.1) is 0 Å². The number of carbonyl (C=O) groups is 2. The maximum absolute atomic E-state index is 9.55. The highest BCUT2D eigenvalue weighted by Gasteiger charge is 2.22. The van der Waals surface area contributed by atoms with Crippen molar-refractivity contribution in [1.82, 2.24) is 5.32 Å². The van der Waals surface area contributed by atoms with E-state index < -0.39 is 11.9 Å². The Morgan fingerprint density at radius 2 is 1.65 bits per heavy atom. The van der Waals surface area contributed by atoms with E-state index in [0.29, 0.717) is 24.2 Å². The standard InChI is InChI=1S/C16H20N2.C4H4O4/c1-12-11-18(13(2)10-17-12)16-8-7-14-5-3-4-6-15(14)9-16;5-3(6)1-2-4(7)8/h3-9,12-13,17H,10-11H2,1-2H3;1-2H,(H,5,6)(H,7,8)/b;2-1+/t12-,13+;/m1./s1. The molecule has 1 aliphatic heterocycles. The van der Waals surface area contributed by atoms with E-state index in [1.54, 1.807) is 0 Å². The molecular weight excluding hydrogens is 332 g/mol. The molecule has 0 aliphatic carbocycles. The lowest BCUT2D eigenvalue weighted by molar-refractivity contribution is -0.134. The summed E-state index contributed by atoms with van der Waals surface area (Å²) in [7, 11) is 0. The van der Waals surface area contributed by atoms with Crippen molar-refractivity contribution < 1.29 is 19.8 Å². The first-order chi connectivity index (χ1) is 12.4. The molecule has 1 heterocycles. The number of carboxylic acid groups (broad SMARTS) is 2. The number of hydrogen-bond acceptors (Lipinski definition) is 4. The lowest BCUT2D eigenvalue weighted by Crippen LogP contribution is -2.54. The van der Waals surface area contributed by atoms with Gasteiger partial charge in [-0.05, 0) is 36.8 Å². The van der Waals surface area contributed by atoms with Crippen LogP contribution in [0.25, 0.3) is 10.8 Å². The van der Waals surface area contributed by atoms with Crippen molar-refractivity contribution in [3.8, 4) is 0 Å². The fourth-order valence-electron chi connectivity index (χ4n) is 2.88. The summed E-state index contributed by atoms with van der Waals surface area (Å²) in [6.07, 6.45) is 1.12. The molecule has 138 valence electrons. The van der Waals surface area contributed by atoms with E-state index in [1.807, 2.05) is 0 Å². The van der Waals surface area contributed by atoms with Crippen LogP contribution in [0, 0.1) is 0 Å². The minimum Gasteiger partial charge on any atom is -0.478 e. The number of benzene rings is 2. The van der Waals surface area contributed by atoms with Gasteiger partial charge in [0, 0.05) is 43.0 Å². The molecule has 0 unspecified atom stereocenters. The second-order valence-corrected chi connectivity index (χ2v) is 6.35. The average molecular weight is 356 g/mol. The maximum atomic E-state index is 9.55. The Labute approximate surface area is 152 Å². The number of fused-ring (bicyclic) bond motifs is 1. The molecule has 0 bridgehead atoms. The zero-order valence-corrected chi connectivity index (χ0v) is 14.9. The molecule has 2 aromatic rings. The molecule has 1 fully saturated rings. The summed E-state index contributed by atoms with van der Waals surface area (Å²) >= 11 is 0. The number of nitrogens with zero attached hydrogens (tertiary/aromatic N) is 1. The highest BCUT2D eigenvalue weighted by Crippen LogP contribution is 2.24. The second-order valence-electron chi connectivity index (χ2n) is 6.35. The van der Waals surface area contributed by atoms with Gasteiger partial charge in [-0.1, -0.05) is 30.3 Å². The van der Waals surface area contributed by atoms with Crippen molar-refractivity contribution >= 4 is 28.4 Å². The average Bonchev–Trinajstić information content (AvgIpc) is 2.62. The highest BCUT2D eigenvalue weighted by molar-refractivity contribution is 5.89. The lowest BCUT2D eigenvalue weighted by atomic mass is 10.1. The second kappa shape index (κ2) is 9.01. The molecule has 1 aliphatic rings. The number of carboxylic acids is 2. The van der Waals surface area contributed by atoms with E-state index in [-0.39, 0.29) is 0 Å². The molecule has 1 saturated heterocycles. The SMILES string of the molecule is C[C@@H]1CN(c2ccc3ccccc3c2)[C@@H](C)CN1.O=C(O)/C=C/C(=O)O. The van der Waals surface area contributed by atoms with E-state index in [2.05, 4.69) is 66.5 Å². The van der Waals surface area contributed by atoms with Crippen LogP contribution in [0.15, 0.2) is 54.6 Å². The minimum absolute atomic E-state index is 0.558. The van der Waals surface area contributed by atoms with Crippen LogP contribution < -0.4 is 10.2 Å². The molecule has 6 heteroatoms. The summed E-state index contributed by atoms with van der Waals surface area (Å²) in [5.41, 5.74) is 1.34. The molecule has 0 saturated carbocycles. The third-order valence-electron chi connectivity index (χ3n) is 4.20. The van der Waals surface area contributed by atoms with Gasteiger partial charge in [-0.25, -0.2) is 9.59 Å². The Balaban J connectivity index is 0.000000260. The van der Waals surface area contributed by atoms with Gasteiger partial charge >= 0.3 is 11.9 Å². The molecule has 0 amide bonds. The molecule has 0 radical (unpaired) electrons. The lowest BCUT2D eigenvalue weighted by Gasteiger charge is -2.39. The van der Waals surface area contributed by atoms with Crippen molar-refractivity contribution in [3.05, 3.63) is 54.6 Å². The largest absolute Gasteiger partial charge is 0.478 e. The Kier molecular flexibility index (Phi) is 6.74. The smallest absolute Gasteiger partial charge is 0.328 e. The van der Waals surface area contributed by atoms with Crippen molar-refractivity contribution in [1.29, 1.82) is 0 Å². The number of piperazine rings is 1. The first-order valence-corrected chi connectivity index (χ1v) is 8.49. The molecular formula is C20H24N2O4. The third-order valence-corrected chi connectivity index (χ3v) is 4.20. The van der Waals surface area contributed by atoms with Crippen molar-refractivity contribution in [3.63, 3.8) is 0 Å². The van der Waals surface area contributed by atoms with Crippen molar-refractivity contribution in [2.45, 2.75) is 25.9 Å². The molecule has 0 aromatic heterocycles. The zero-order chi connectivity index (χ0) is 19.1. The van der Waals surface area contributed by atoms with Gasteiger partial charge in [-0.2, -0.15) is 0 Å². The molecule has 0 spiro atoms. The first kappa shape index (κ1) is 19.5. The fourth-order valence-corrected chi connectivity index (χ4v) is 2.88. The summed E-state index contributed by atoms with van der Waals surface area (Å²) < 4.78 is 0. The summed E-state index contributed by atoms with van der Waals surface area (Å²) in [6.45, 7) is 6.68. The van der Waals surface area contributed by atoms with Crippen molar-refractivity contribution in [2.24, 2.45) is 0 Å². The van der Waals surface area contributed by atoms with Crippen LogP contribution in [0.3, 0.4) is 0 Å². The van der Waals surface area contributed by atoms with Crippen LogP contribution in [0.2, 0.25) is 0 Å². The van der Waals surface area contributed by atoms with E-state index in [1.165, 1.54) is 16.5 Å². The molecule has 3 N–H and O–H groups in total. The van der Waals surface area contributed by atoms with Crippen molar-refractivity contribution in [2.75, 3.05) is 18.0 Å². The van der Waals surface area contributed by atoms with E-state index in [0.717, 1.165) is 13.1 Å². The monoisotopic (exact) mass is 356 g/mol. The Hall–Kier alpha value is -2.86. The maximum Gasteiger partial charge on any atom is 0.328 e. The van der Waals surface area contributed by atoms with Crippen LogP contribution in [0.4, 0.5) is 5.69 Å². The van der Waals surface area contributed by atoms with Crippen LogP contribution in [-0.4, -0.2) is 47.3 Å². The first-order valence-electron chi connectivity index (χ1n) is 8.49. The molecule has 2 atom stereocenters. The number of anilines is 1. The third kappa shape index (κ3) is 5.60. The Morgan fingerprint density at radius 3 is 2.27 bits per heavy atom. The predicted octanol–water partition coefficient (Wildman–Crippen LogP) is 2.74. The number of hydrogen-bond donors (Lipinski definition) is 3. The van der Waals surface area contributed by atoms with Gasteiger partial charge in [0.1, 0.15) is 0 Å². The normalized spacial score (nSPS) is 19.8. The summed E-state index contributed by atoms with van der Waals surface area (Å²) in [5, 5.41) is 21.8. The summed E-state index contributed by atoms with van der Waals surface area (Å²) in [6, 6.07) is 16.5. The van der Waals surface area contributed by atoms with Gasteiger partial charge in [0.15, 0.2) is 0 Å². The number of nitrogens with one attached hydrogen (secondary N) is 1. The van der Waals surface area contributed by atoms with Crippen LogP contribution >= 0.6 is 0 Å². The summed E-state index contributed by atoms with van der Waals surface area (Å²) in [5.74, 6) is -2.51. The summed E-state index contributed by atoms with van der Waals surface area (Å²) in [4.78, 5) is 21.6. The van der Waals surface area contributed by atoms with Gasteiger partial charge in [-0.3, -0.25) is 0 Å². The van der Waals surface area contributed by atoms with Gasteiger partial charge in [0.2, 0.25) is 0 Å². The highest BCUT2D eigenvalue weighted by atomic mass is 16.4. The molecule has 3 rings (SSSR count). The fraction of sp³-hybridized carbons (Fsp3) is 0.300. The molecule has 6 nitrogen and oxygen atoms in total. The Morgan fingerprint density at radius 1 is 1.04 bits per heavy atom. The minimum atomic E-state index is -1.26. The van der Waals surface area contributed by atoms with E-state index >= 15 is 0 Å². The molecule has 26 heavy (non-hydrogen) atoms. The van der Waals surface area contributed by atoms with Gasteiger partial charge in [0.05, 0.1) is 0 Å². The predicted molar refractivity (Wildman–Crippen MR) is 103 cm³/mol. The van der Waals surface area contributed by atoms with Gasteiger partial charge in [0.25, 0.3) is 0 Å². The number of aliphatic carboxylic acids is 2.